The maximum Gasteiger partial charge on any atom is 0.195 e. The van der Waals surface area contributed by atoms with E-state index in [1.54, 1.807) is 12.1 Å². The first-order chi connectivity index (χ1) is 10.3. The zero-order chi connectivity index (χ0) is 14.7. The zero-order valence-electron chi connectivity index (χ0n) is 12.2. The Hall–Kier alpha value is -2.09. The highest BCUT2D eigenvalue weighted by Crippen LogP contribution is 2.32. The Bertz CT molecular complexity index is 624. The Morgan fingerprint density at radius 3 is 2.24 bits per heavy atom. The van der Waals surface area contributed by atoms with Crippen LogP contribution in [0.5, 0.6) is 0 Å². The number of nitrogens with two attached hydrogens (primary N) is 1. The van der Waals surface area contributed by atoms with Gasteiger partial charge in [-0.3, -0.25) is 4.79 Å². The average molecular weight is 279 g/mol. The first-order valence-corrected chi connectivity index (χ1v) is 7.75. The third kappa shape index (κ3) is 2.99. The predicted molar refractivity (Wildman–Crippen MR) is 86.6 cm³/mol. The van der Waals surface area contributed by atoms with Crippen molar-refractivity contribution in [2.75, 3.05) is 5.73 Å². The van der Waals surface area contributed by atoms with Crippen LogP contribution in [0.15, 0.2) is 48.5 Å². The molecule has 1 aliphatic rings. The number of carbonyl (C=O) groups is 1. The van der Waals surface area contributed by atoms with Crippen LogP contribution < -0.4 is 5.73 Å². The smallest absolute Gasteiger partial charge is 0.195 e. The summed E-state index contributed by atoms with van der Waals surface area (Å²) >= 11 is 0. The summed E-state index contributed by atoms with van der Waals surface area (Å²) < 4.78 is 0. The fraction of sp³-hybridized carbons (Fsp3) is 0.316. The molecule has 0 spiro atoms. The molecule has 2 aromatic rings. The predicted octanol–water partition coefficient (Wildman–Crippen LogP) is 4.55. The van der Waals surface area contributed by atoms with Crippen LogP contribution in [0, 0.1) is 0 Å². The number of para-hydroxylation sites is 1. The Labute approximate surface area is 126 Å². The number of rotatable bonds is 3. The molecule has 0 heterocycles. The molecule has 2 heteroatoms. The molecular weight excluding hydrogens is 258 g/mol. The molecule has 1 aliphatic carbocycles. The fourth-order valence-electron chi connectivity index (χ4n) is 3.20. The number of nitrogen functional groups attached to an aromatic ring is 1. The van der Waals surface area contributed by atoms with Crippen molar-refractivity contribution in [1.82, 2.24) is 0 Å². The van der Waals surface area contributed by atoms with E-state index in [-0.39, 0.29) is 5.78 Å². The van der Waals surface area contributed by atoms with Crippen LogP contribution in [0.3, 0.4) is 0 Å². The normalized spacial score (nSPS) is 15.8. The summed E-state index contributed by atoms with van der Waals surface area (Å²) in [6.07, 6.45) is 6.57. The van der Waals surface area contributed by atoms with Gasteiger partial charge < -0.3 is 5.73 Å². The highest BCUT2D eigenvalue weighted by atomic mass is 16.1. The van der Waals surface area contributed by atoms with Crippen molar-refractivity contribution in [3.05, 3.63) is 65.2 Å². The van der Waals surface area contributed by atoms with Crippen molar-refractivity contribution in [3.63, 3.8) is 0 Å². The third-order valence-corrected chi connectivity index (χ3v) is 4.45. The van der Waals surface area contributed by atoms with Gasteiger partial charge in [0.1, 0.15) is 0 Å². The highest BCUT2D eigenvalue weighted by molar-refractivity contribution is 6.12. The van der Waals surface area contributed by atoms with E-state index in [1.807, 2.05) is 24.3 Å². The van der Waals surface area contributed by atoms with Crippen LogP contribution in [-0.4, -0.2) is 5.78 Å². The molecule has 0 unspecified atom stereocenters. The maximum atomic E-state index is 12.5. The van der Waals surface area contributed by atoms with E-state index in [1.165, 1.54) is 37.7 Å². The summed E-state index contributed by atoms with van der Waals surface area (Å²) in [6.45, 7) is 0. The number of carbonyl (C=O) groups excluding carboxylic acids is 1. The molecule has 0 bridgehead atoms. The van der Waals surface area contributed by atoms with Gasteiger partial charge in [-0.2, -0.15) is 0 Å². The second-order valence-electron chi connectivity index (χ2n) is 5.87. The third-order valence-electron chi connectivity index (χ3n) is 4.45. The number of ketones is 1. The largest absolute Gasteiger partial charge is 0.398 e. The summed E-state index contributed by atoms with van der Waals surface area (Å²) in [5, 5.41) is 0. The van der Waals surface area contributed by atoms with E-state index in [0.717, 1.165) is 0 Å². The van der Waals surface area contributed by atoms with Gasteiger partial charge in [-0.15, -0.1) is 0 Å². The van der Waals surface area contributed by atoms with Crippen LogP contribution in [0.2, 0.25) is 0 Å². The Kier molecular flexibility index (Phi) is 4.05. The summed E-state index contributed by atoms with van der Waals surface area (Å²) in [7, 11) is 0. The molecule has 0 amide bonds. The molecule has 1 saturated carbocycles. The van der Waals surface area contributed by atoms with E-state index >= 15 is 0 Å². The second-order valence-corrected chi connectivity index (χ2v) is 5.87. The van der Waals surface area contributed by atoms with Crippen molar-refractivity contribution >= 4 is 11.5 Å². The minimum absolute atomic E-state index is 0.00305. The molecule has 108 valence electrons. The van der Waals surface area contributed by atoms with E-state index in [4.69, 9.17) is 5.73 Å². The minimum Gasteiger partial charge on any atom is -0.398 e. The SMILES string of the molecule is Nc1ccccc1C(=O)c1ccc(C2CCCCC2)cc1. The molecular formula is C19H21NO. The van der Waals surface area contributed by atoms with E-state index in [2.05, 4.69) is 12.1 Å². The van der Waals surface area contributed by atoms with Gasteiger partial charge >= 0.3 is 0 Å². The van der Waals surface area contributed by atoms with Crippen LogP contribution in [0.25, 0.3) is 0 Å². The van der Waals surface area contributed by atoms with Gasteiger partial charge in [-0.05, 0) is 36.5 Å². The van der Waals surface area contributed by atoms with Crippen LogP contribution >= 0.6 is 0 Å². The van der Waals surface area contributed by atoms with Crippen LogP contribution in [-0.2, 0) is 0 Å². The maximum absolute atomic E-state index is 12.5. The quantitative estimate of drug-likeness (QED) is 0.661. The van der Waals surface area contributed by atoms with Gasteiger partial charge in [0.2, 0.25) is 0 Å². The van der Waals surface area contributed by atoms with Crippen LogP contribution in [0.4, 0.5) is 5.69 Å². The van der Waals surface area contributed by atoms with Crippen molar-refractivity contribution in [3.8, 4) is 0 Å². The fourth-order valence-corrected chi connectivity index (χ4v) is 3.20. The summed E-state index contributed by atoms with van der Waals surface area (Å²) in [4.78, 5) is 12.5. The highest BCUT2D eigenvalue weighted by Gasteiger charge is 2.16. The molecule has 0 atom stereocenters. The first kappa shape index (κ1) is 13.9. The van der Waals surface area contributed by atoms with Crippen LogP contribution in [0.1, 0.15) is 59.5 Å². The molecule has 0 radical (unpaired) electrons. The Balaban J connectivity index is 1.80. The molecule has 1 fully saturated rings. The van der Waals surface area contributed by atoms with Crippen molar-refractivity contribution in [2.24, 2.45) is 0 Å². The van der Waals surface area contributed by atoms with Gasteiger partial charge in [-0.25, -0.2) is 0 Å². The van der Waals surface area contributed by atoms with Crippen molar-refractivity contribution < 1.29 is 4.79 Å². The van der Waals surface area contributed by atoms with Gasteiger partial charge in [0.05, 0.1) is 0 Å². The lowest BCUT2D eigenvalue weighted by atomic mass is 9.83. The van der Waals surface area contributed by atoms with Gasteiger partial charge in [0, 0.05) is 16.8 Å². The first-order valence-electron chi connectivity index (χ1n) is 7.75. The summed E-state index contributed by atoms with van der Waals surface area (Å²) in [5.41, 5.74) is 9.09. The minimum atomic E-state index is 0.00305. The summed E-state index contributed by atoms with van der Waals surface area (Å²) in [6, 6.07) is 15.4. The number of hydrogen-bond acceptors (Lipinski definition) is 2. The van der Waals surface area contributed by atoms with E-state index in [9.17, 15) is 4.79 Å². The molecule has 21 heavy (non-hydrogen) atoms. The van der Waals surface area contributed by atoms with Gasteiger partial charge in [-0.1, -0.05) is 55.7 Å². The second kappa shape index (κ2) is 6.13. The van der Waals surface area contributed by atoms with E-state index in [0.29, 0.717) is 22.7 Å². The zero-order valence-corrected chi connectivity index (χ0v) is 12.2. The summed E-state index contributed by atoms with van der Waals surface area (Å²) in [5.74, 6) is 0.674. The molecule has 2 aromatic carbocycles. The molecule has 3 rings (SSSR count). The monoisotopic (exact) mass is 279 g/mol. The van der Waals surface area contributed by atoms with Crippen molar-refractivity contribution in [2.45, 2.75) is 38.0 Å². The molecule has 0 saturated heterocycles. The molecule has 2 N–H and O–H groups in total. The van der Waals surface area contributed by atoms with Gasteiger partial charge in [0.25, 0.3) is 0 Å². The topological polar surface area (TPSA) is 43.1 Å². The lowest BCUT2D eigenvalue weighted by Crippen LogP contribution is -2.07. The number of anilines is 1. The molecule has 0 aliphatic heterocycles. The Morgan fingerprint density at radius 1 is 0.905 bits per heavy atom. The number of benzene rings is 2. The number of hydrogen-bond donors (Lipinski definition) is 1. The standard InChI is InChI=1S/C19H21NO/c20-18-9-5-4-8-17(18)19(21)16-12-10-15(11-13-16)14-6-2-1-3-7-14/h4-5,8-14H,1-3,6-7,20H2. The van der Waals surface area contributed by atoms with E-state index < -0.39 is 0 Å². The lowest BCUT2D eigenvalue weighted by molar-refractivity contribution is 0.103. The average Bonchev–Trinajstić information content (AvgIpc) is 2.56. The van der Waals surface area contributed by atoms with Crippen molar-refractivity contribution in [1.29, 1.82) is 0 Å². The Morgan fingerprint density at radius 2 is 1.57 bits per heavy atom. The molecule has 0 aromatic heterocycles. The molecule has 2 nitrogen and oxygen atoms in total. The van der Waals surface area contributed by atoms with Gasteiger partial charge in [0.15, 0.2) is 5.78 Å². The lowest BCUT2D eigenvalue weighted by Gasteiger charge is -2.22.